The van der Waals surface area contributed by atoms with E-state index in [1.165, 1.54) is 0 Å². The van der Waals surface area contributed by atoms with Crippen LogP contribution in [0, 0.1) is 0 Å². The van der Waals surface area contributed by atoms with Crippen molar-refractivity contribution in [3.63, 3.8) is 0 Å². The molecule has 6 nitrogen and oxygen atoms in total. The van der Waals surface area contributed by atoms with Gasteiger partial charge in [0.25, 0.3) is 5.56 Å². The molecule has 3 aromatic rings. The van der Waals surface area contributed by atoms with Crippen LogP contribution in [0.15, 0.2) is 59.4 Å². The number of hydrogen-bond acceptors (Lipinski definition) is 4. The van der Waals surface area contributed by atoms with Crippen molar-refractivity contribution in [3.8, 4) is 5.75 Å². The number of pyridine rings is 1. The van der Waals surface area contributed by atoms with E-state index in [1.807, 2.05) is 54.6 Å². The first-order valence-corrected chi connectivity index (χ1v) is 9.11. The first-order chi connectivity index (χ1) is 13.6. The van der Waals surface area contributed by atoms with Crippen molar-refractivity contribution in [3.05, 3.63) is 76.1 Å². The van der Waals surface area contributed by atoms with Crippen LogP contribution >= 0.6 is 0 Å². The first-order valence-electron chi connectivity index (χ1n) is 9.11. The zero-order chi connectivity index (χ0) is 19.9. The normalized spacial score (nSPS) is 10.8. The van der Waals surface area contributed by atoms with Gasteiger partial charge in [-0.05, 0) is 35.2 Å². The molecule has 0 atom stereocenters. The number of methoxy groups -OCH3 is 2. The standard InChI is InChI=1S/C22H24N2O4/c1-27-12-11-24(21(25)13-16-7-9-19(28-2)10-8-16)15-18-14-17-5-3-4-6-20(17)23-22(18)26/h3-10,14H,11-13,15H2,1-2H3,(H,23,26). The first kappa shape index (κ1) is 19.6. The van der Waals surface area contributed by atoms with Crippen molar-refractivity contribution in [2.75, 3.05) is 27.4 Å². The van der Waals surface area contributed by atoms with E-state index in [-0.39, 0.29) is 24.4 Å². The van der Waals surface area contributed by atoms with Gasteiger partial charge in [-0.2, -0.15) is 0 Å². The van der Waals surface area contributed by atoms with Gasteiger partial charge in [-0.3, -0.25) is 9.59 Å². The molecular formula is C22H24N2O4. The Balaban J connectivity index is 1.80. The smallest absolute Gasteiger partial charge is 0.253 e. The van der Waals surface area contributed by atoms with Crippen LogP contribution < -0.4 is 10.3 Å². The third-order valence-corrected chi connectivity index (χ3v) is 4.62. The maximum Gasteiger partial charge on any atom is 0.253 e. The van der Waals surface area contributed by atoms with Crippen LogP contribution in [0.5, 0.6) is 5.75 Å². The number of aromatic amines is 1. The van der Waals surface area contributed by atoms with Gasteiger partial charge in [0.05, 0.1) is 26.7 Å². The Bertz CT molecular complexity index is 995. The molecule has 0 unspecified atom stereocenters. The molecule has 146 valence electrons. The van der Waals surface area contributed by atoms with Gasteiger partial charge in [0.15, 0.2) is 0 Å². The summed E-state index contributed by atoms with van der Waals surface area (Å²) in [5, 5.41) is 0.936. The Morgan fingerprint density at radius 3 is 2.54 bits per heavy atom. The minimum atomic E-state index is -0.182. The summed E-state index contributed by atoms with van der Waals surface area (Å²) in [4.78, 5) is 29.9. The lowest BCUT2D eigenvalue weighted by atomic mass is 10.1. The van der Waals surface area contributed by atoms with Crippen LogP contribution in [-0.4, -0.2) is 43.2 Å². The zero-order valence-electron chi connectivity index (χ0n) is 16.1. The Morgan fingerprint density at radius 1 is 1.07 bits per heavy atom. The van der Waals surface area contributed by atoms with Crippen LogP contribution in [0.25, 0.3) is 10.9 Å². The number of para-hydroxylation sites is 1. The highest BCUT2D eigenvalue weighted by Gasteiger charge is 2.16. The second-order valence-electron chi connectivity index (χ2n) is 6.54. The number of H-pyrrole nitrogens is 1. The number of hydrogen-bond donors (Lipinski definition) is 1. The minimum Gasteiger partial charge on any atom is -0.497 e. The lowest BCUT2D eigenvalue weighted by Crippen LogP contribution is -2.36. The number of carbonyl (C=O) groups is 1. The Kier molecular flexibility index (Phi) is 6.45. The van der Waals surface area contributed by atoms with Crippen LogP contribution in [0.2, 0.25) is 0 Å². The lowest BCUT2D eigenvalue weighted by Gasteiger charge is -2.22. The van der Waals surface area contributed by atoms with Gasteiger partial charge < -0.3 is 19.4 Å². The summed E-state index contributed by atoms with van der Waals surface area (Å²) in [7, 11) is 3.20. The number of nitrogens with zero attached hydrogens (tertiary/aromatic N) is 1. The average molecular weight is 380 g/mol. The van der Waals surface area contributed by atoms with Gasteiger partial charge in [0.2, 0.25) is 5.91 Å². The second-order valence-corrected chi connectivity index (χ2v) is 6.54. The maximum absolute atomic E-state index is 12.9. The predicted octanol–water partition coefficient (Wildman–Crippen LogP) is 2.75. The van der Waals surface area contributed by atoms with Gasteiger partial charge >= 0.3 is 0 Å². The van der Waals surface area contributed by atoms with Gasteiger partial charge in [-0.15, -0.1) is 0 Å². The monoisotopic (exact) mass is 380 g/mol. The van der Waals surface area contributed by atoms with Crippen molar-refractivity contribution < 1.29 is 14.3 Å². The van der Waals surface area contributed by atoms with Crippen LogP contribution in [-0.2, 0) is 22.5 Å². The summed E-state index contributed by atoms with van der Waals surface area (Å²) in [6.45, 7) is 1.05. The largest absolute Gasteiger partial charge is 0.497 e. The fourth-order valence-electron chi connectivity index (χ4n) is 3.04. The highest BCUT2D eigenvalue weighted by molar-refractivity contribution is 5.80. The molecule has 28 heavy (non-hydrogen) atoms. The molecule has 6 heteroatoms. The number of nitrogens with one attached hydrogen (secondary N) is 1. The molecule has 2 aromatic carbocycles. The molecule has 0 aliphatic heterocycles. The molecule has 1 N–H and O–H groups in total. The number of amides is 1. The Hall–Kier alpha value is -3.12. The van der Waals surface area contributed by atoms with E-state index in [9.17, 15) is 9.59 Å². The topological polar surface area (TPSA) is 71.6 Å². The molecule has 0 saturated carbocycles. The SMILES string of the molecule is COCCN(Cc1cc2ccccc2[nH]c1=O)C(=O)Cc1ccc(OC)cc1. The van der Waals surface area contributed by atoms with Crippen molar-refractivity contribution >= 4 is 16.8 Å². The van der Waals surface area contributed by atoms with Crippen LogP contribution in [0.4, 0.5) is 0 Å². The predicted molar refractivity (Wildman–Crippen MR) is 109 cm³/mol. The highest BCUT2D eigenvalue weighted by Crippen LogP contribution is 2.14. The molecule has 0 radical (unpaired) electrons. The highest BCUT2D eigenvalue weighted by atomic mass is 16.5. The van der Waals surface area contributed by atoms with E-state index >= 15 is 0 Å². The minimum absolute atomic E-state index is 0.0604. The van der Waals surface area contributed by atoms with Crippen LogP contribution in [0.3, 0.4) is 0 Å². The number of aromatic nitrogens is 1. The second kappa shape index (κ2) is 9.19. The van der Waals surface area contributed by atoms with Crippen molar-refractivity contribution in [1.29, 1.82) is 0 Å². The van der Waals surface area contributed by atoms with Crippen molar-refractivity contribution in [1.82, 2.24) is 9.88 Å². The summed E-state index contributed by atoms with van der Waals surface area (Å²) in [6, 6.07) is 16.8. The molecule has 1 amide bonds. The van der Waals surface area contributed by atoms with Crippen molar-refractivity contribution in [2.24, 2.45) is 0 Å². The molecule has 0 saturated heterocycles. The Labute approximate surface area is 163 Å². The molecule has 1 heterocycles. The summed E-state index contributed by atoms with van der Waals surface area (Å²) < 4.78 is 10.3. The van der Waals surface area contributed by atoms with E-state index in [4.69, 9.17) is 9.47 Å². The van der Waals surface area contributed by atoms with Crippen molar-refractivity contribution in [2.45, 2.75) is 13.0 Å². The summed E-state index contributed by atoms with van der Waals surface area (Å²) in [5.74, 6) is 0.685. The molecule has 0 bridgehead atoms. The lowest BCUT2D eigenvalue weighted by molar-refractivity contribution is -0.131. The van der Waals surface area contributed by atoms with E-state index < -0.39 is 0 Å². The molecular weight excluding hydrogens is 356 g/mol. The van der Waals surface area contributed by atoms with Crippen LogP contribution in [0.1, 0.15) is 11.1 Å². The summed E-state index contributed by atoms with van der Waals surface area (Å²) >= 11 is 0. The number of carbonyl (C=O) groups excluding carboxylic acids is 1. The van der Waals surface area contributed by atoms with E-state index in [0.717, 1.165) is 22.2 Å². The molecule has 1 aromatic heterocycles. The van der Waals surface area contributed by atoms with E-state index in [2.05, 4.69) is 4.98 Å². The van der Waals surface area contributed by atoms with Gasteiger partial charge in [-0.25, -0.2) is 0 Å². The molecule has 0 spiro atoms. The molecule has 3 rings (SSSR count). The fourth-order valence-corrected chi connectivity index (χ4v) is 3.04. The average Bonchev–Trinajstić information content (AvgIpc) is 2.71. The Morgan fingerprint density at radius 2 is 1.82 bits per heavy atom. The van der Waals surface area contributed by atoms with Gasteiger partial charge in [0.1, 0.15) is 5.75 Å². The fraction of sp³-hybridized carbons (Fsp3) is 0.273. The summed E-state index contributed by atoms with van der Waals surface area (Å²) in [5.41, 5.74) is 2.04. The molecule has 0 fully saturated rings. The zero-order valence-corrected chi connectivity index (χ0v) is 16.1. The number of fused-ring (bicyclic) bond motifs is 1. The van der Waals surface area contributed by atoms with Gasteiger partial charge in [0, 0.05) is 24.7 Å². The summed E-state index contributed by atoms with van der Waals surface area (Å²) in [6.07, 6.45) is 0.249. The third kappa shape index (κ3) is 4.78. The quantitative estimate of drug-likeness (QED) is 0.652. The molecule has 0 aliphatic carbocycles. The van der Waals surface area contributed by atoms with E-state index in [0.29, 0.717) is 18.7 Å². The number of ether oxygens (including phenoxy) is 2. The van der Waals surface area contributed by atoms with Gasteiger partial charge in [-0.1, -0.05) is 30.3 Å². The number of rotatable bonds is 8. The van der Waals surface area contributed by atoms with E-state index in [1.54, 1.807) is 19.1 Å². The molecule has 0 aliphatic rings. The maximum atomic E-state index is 12.9. The third-order valence-electron chi connectivity index (χ3n) is 4.62. The number of benzene rings is 2.